The van der Waals surface area contributed by atoms with E-state index in [9.17, 15) is 0 Å². The molecule has 2 nitrogen and oxygen atoms in total. The molecular weight excluding hydrogens is 428 g/mol. The highest BCUT2D eigenvalue weighted by Crippen LogP contribution is 2.41. The predicted molar refractivity (Wildman–Crippen MR) is 151 cm³/mol. The molecule has 0 spiro atoms. The van der Waals surface area contributed by atoms with Gasteiger partial charge in [0.1, 0.15) is 0 Å². The van der Waals surface area contributed by atoms with Crippen LogP contribution < -0.4 is 5.19 Å². The summed E-state index contributed by atoms with van der Waals surface area (Å²) < 4.78 is 2.47. The molecule has 0 amide bonds. The van der Waals surface area contributed by atoms with Crippen molar-refractivity contribution in [3.05, 3.63) is 78.0 Å². The van der Waals surface area contributed by atoms with Gasteiger partial charge in [-0.15, -0.1) is 0 Å². The Bertz CT molecular complexity index is 1700. The summed E-state index contributed by atoms with van der Waals surface area (Å²) in [6.45, 7) is 14.1. The fraction of sp³-hybridized carbons (Fsp3) is 0.258. The summed E-state index contributed by atoms with van der Waals surface area (Å²) in [5.74, 6) is 0.629. The molecule has 0 bridgehead atoms. The highest BCUT2D eigenvalue weighted by molar-refractivity contribution is 6.89. The van der Waals surface area contributed by atoms with E-state index >= 15 is 0 Å². The van der Waals surface area contributed by atoms with Crippen molar-refractivity contribution in [3.63, 3.8) is 0 Å². The highest BCUT2D eigenvalue weighted by Gasteiger charge is 2.23. The van der Waals surface area contributed by atoms with Crippen LogP contribution in [0.2, 0.25) is 19.6 Å². The molecule has 3 aromatic heterocycles. The van der Waals surface area contributed by atoms with E-state index in [1.807, 2.05) is 0 Å². The fourth-order valence-corrected chi connectivity index (χ4v) is 7.43. The second-order valence-electron chi connectivity index (χ2n) is 11.3. The smallest absolute Gasteiger partial charge is 0.0799 e. The number of rotatable bonds is 4. The monoisotopic (exact) mass is 460 g/mol. The zero-order valence-corrected chi connectivity index (χ0v) is 22.0. The average molecular weight is 461 g/mol. The molecule has 3 aromatic carbocycles. The minimum Gasteiger partial charge on any atom is -0.308 e. The number of benzene rings is 3. The molecule has 170 valence electrons. The van der Waals surface area contributed by atoms with Gasteiger partial charge in [-0.3, -0.25) is 4.98 Å². The third-order valence-corrected chi connectivity index (χ3v) is 9.30. The van der Waals surface area contributed by atoms with E-state index in [1.54, 1.807) is 0 Å². The van der Waals surface area contributed by atoms with Crippen LogP contribution >= 0.6 is 0 Å². The summed E-state index contributed by atoms with van der Waals surface area (Å²) in [5.41, 5.74) is 9.03. The number of hydrogen-bond acceptors (Lipinski definition) is 1. The summed E-state index contributed by atoms with van der Waals surface area (Å²) in [4.78, 5) is 5.01. The van der Waals surface area contributed by atoms with Gasteiger partial charge in [-0.1, -0.05) is 69.9 Å². The van der Waals surface area contributed by atoms with Gasteiger partial charge in [0.05, 0.1) is 30.3 Å². The Morgan fingerprint density at radius 2 is 1.53 bits per heavy atom. The Labute approximate surface area is 202 Å². The van der Waals surface area contributed by atoms with Gasteiger partial charge in [-0.05, 0) is 59.8 Å². The zero-order chi connectivity index (χ0) is 23.8. The zero-order valence-electron chi connectivity index (χ0n) is 21.0. The maximum atomic E-state index is 5.01. The molecule has 3 heteroatoms. The first-order valence-corrected chi connectivity index (χ1v) is 15.9. The standard InChI is InChI=1S/C31H32N2Si/c1-19(2)14-22-17-27(32-18-29(22)34(4,5)6)21-15-20(3)30-26(16-21)25-12-9-11-24-23-10-7-8-13-28(23)33(30)31(24)25/h7-13,15-19H,14H2,1-6H3. The van der Waals surface area contributed by atoms with E-state index in [0.29, 0.717) is 5.92 Å². The Balaban J connectivity index is 1.63. The summed E-state index contributed by atoms with van der Waals surface area (Å²) in [5, 5.41) is 6.81. The fourth-order valence-electron chi connectivity index (χ4n) is 5.84. The molecule has 0 N–H and O–H groups in total. The van der Waals surface area contributed by atoms with Crippen LogP contribution in [0, 0.1) is 12.8 Å². The van der Waals surface area contributed by atoms with Crippen molar-refractivity contribution in [2.45, 2.75) is 46.8 Å². The van der Waals surface area contributed by atoms with Crippen LogP contribution in [-0.2, 0) is 6.42 Å². The first kappa shape index (κ1) is 21.4. The van der Waals surface area contributed by atoms with Gasteiger partial charge in [0.15, 0.2) is 0 Å². The van der Waals surface area contributed by atoms with E-state index in [4.69, 9.17) is 4.98 Å². The van der Waals surface area contributed by atoms with Crippen molar-refractivity contribution < 1.29 is 0 Å². The van der Waals surface area contributed by atoms with E-state index in [2.05, 4.69) is 112 Å². The van der Waals surface area contributed by atoms with E-state index in [0.717, 1.165) is 12.1 Å². The van der Waals surface area contributed by atoms with Crippen molar-refractivity contribution in [1.82, 2.24) is 9.38 Å². The third-order valence-electron chi connectivity index (χ3n) is 7.23. The molecule has 0 radical (unpaired) electrons. The summed E-state index contributed by atoms with van der Waals surface area (Å²) in [6, 6.07) is 22.6. The molecule has 0 aliphatic rings. The number of aromatic nitrogens is 2. The van der Waals surface area contributed by atoms with E-state index in [1.165, 1.54) is 60.0 Å². The molecule has 0 aliphatic carbocycles. The largest absolute Gasteiger partial charge is 0.308 e. The number of fused-ring (bicyclic) bond motifs is 6. The van der Waals surface area contributed by atoms with E-state index < -0.39 is 8.07 Å². The highest BCUT2D eigenvalue weighted by atomic mass is 28.3. The Hall–Kier alpha value is -3.17. The van der Waals surface area contributed by atoms with Gasteiger partial charge in [0.25, 0.3) is 0 Å². The lowest BCUT2D eigenvalue weighted by Crippen LogP contribution is -2.40. The quantitative estimate of drug-likeness (QED) is 0.244. The van der Waals surface area contributed by atoms with Gasteiger partial charge in [-0.25, -0.2) is 0 Å². The van der Waals surface area contributed by atoms with Gasteiger partial charge < -0.3 is 4.40 Å². The van der Waals surface area contributed by atoms with Gasteiger partial charge >= 0.3 is 0 Å². The molecule has 34 heavy (non-hydrogen) atoms. The van der Waals surface area contributed by atoms with Crippen LogP contribution in [-0.4, -0.2) is 17.5 Å². The molecule has 0 saturated carbocycles. The molecule has 0 aliphatic heterocycles. The van der Waals surface area contributed by atoms with Gasteiger partial charge in [-0.2, -0.15) is 0 Å². The molecule has 3 heterocycles. The number of hydrogen-bond donors (Lipinski definition) is 0. The number of aryl methyl sites for hydroxylation is 1. The lowest BCUT2D eigenvalue weighted by molar-refractivity contribution is 0.649. The first-order chi connectivity index (χ1) is 16.2. The number of nitrogens with zero attached hydrogens (tertiary/aromatic N) is 2. The molecule has 6 aromatic rings. The first-order valence-electron chi connectivity index (χ1n) is 12.4. The Morgan fingerprint density at radius 3 is 2.26 bits per heavy atom. The lowest BCUT2D eigenvalue weighted by Gasteiger charge is -2.22. The topological polar surface area (TPSA) is 17.3 Å². The minimum absolute atomic E-state index is 0.629. The maximum absolute atomic E-state index is 5.01. The van der Waals surface area contributed by atoms with Crippen LogP contribution in [0.5, 0.6) is 0 Å². The van der Waals surface area contributed by atoms with Crippen molar-refractivity contribution >= 4 is 51.4 Å². The Morgan fingerprint density at radius 1 is 0.824 bits per heavy atom. The normalized spacial score (nSPS) is 12.8. The number of pyridine rings is 1. The Kier molecular flexibility index (Phi) is 4.66. The molecule has 0 fully saturated rings. The van der Waals surface area contributed by atoms with Crippen molar-refractivity contribution in [2.24, 2.45) is 5.92 Å². The van der Waals surface area contributed by atoms with Crippen LogP contribution in [0.3, 0.4) is 0 Å². The van der Waals surface area contributed by atoms with Crippen LogP contribution in [0.25, 0.3) is 49.4 Å². The SMILES string of the molecule is Cc1cc(-c2cc(CC(C)C)c([Si](C)(C)C)cn2)cc2c3cccc4c5ccccc5n(c12)c43. The van der Waals surface area contributed by atoms with Gasteiger partial charge in [0.2, 0.25) is 0 Å². The van der Waals surface area contributed by atoms with Crippen molar-refractivity contribution in [3.8, 4) is 11.3 Å². The minimum atomic E-state index is -1.45. The second-order valence-corrected chi connectivity index (χ2v) is 16.4. The molecule has 6 rings (SSSR count). The molecule has 0 atom stereocenters. The summed E-state index contributed by atoms with van der Waals surface area (Å²) in [7, 11) is -1.45. The van der Waals surface area contributed by atoms with Crippen molar-refractivity contribution in [1.29, 1.82) is 0 Å². The van der Waals surface area contributed by atoms with Crippen LogP contribution in [0.15, 0.2) is 66.9 Å². The van der Waals surface area contributed by atoms with Crippen LogP contribution in [0.4, 0.5) is 0 Å². The average Bonchev–Trinajstić information content (AvgIpc) is 3.30. The molecule has 0 unspecified atom stereocenters. The summed E-state index contributed by atoms with van der Waals surface area (Å²) >= 11 is 0. The lowest BCUT2D eigenvalue weighted by atomic mass is 9.99. The van der Waals surface area contributed by atoms with Crippen molar-refractivity contribution in [2.75, 3.05) is 0 Å². The third kappa shape index (κ3) is 3.10. The molecule has 0 saturated heterocycles. The second kappa shape index (κ2) is 7.41. The number of para-hydroxylation sites is 2. The summed E-state index contributed by atoms with van der Waals surface area (Å²) in [6.07, 6.45) is 3.29. The molecular formula is C31H32N2Si. The van der Waals surface area contributed by atoms with Crippen LogP contribution in [0.1, 0.15) is 25.0 Å². The predicted octanol–water partition coefficient (Wildman–Crippen LogP) is 7.95. The van der Waals surface area contributed by atoms with E-state index in [-0.39, 0.29) is 0 Å². The van der Waals surface area contributed by atoms with Gasteiger partial charge in [0, 0.05) is 33.3 Å². The maximum Gasteiger partial charge on any atom is 0.0799 e.